The Balaban J connectivity index is 2.08. The maximum atomic E-state index is 9.06. The second kappa shape index (κ2) is 6.78. The predicted molar refractivity (Wildman–Crippen MR) is 77.9 cm³/mol. The van der Waals surface area contributed by atoms with Crippen LogP contribution in [0.1, 0.15) is 12.8 Å². The Morgan fingerprint density at radius 1 is 1.42 bits per heavy atom. The molecule has 0 radical (unpaired) electrons. The summed E-state index contributed by atoms with van der Waals surface area (Å²) in [6.07, 6.45) is 2.38. The SMILES string of the molecule is COc1ccccc1N1CCCC(N(C)CCO)C1. The molecule has 1 saturated heterocycles. The number of methoxy groups -OCH3 is 1. The van der Waals surface area contributed by atoms with E-state index in [4.69, 9.17) is 9.84 Å². The number of likely N-dealkylation sites (N-methyl/N-ethyl adjacent to an activating group) is 1. The van der Waals surface area contributed by atoms with Gasteiger partial charge in [-0.15, -0.1) is 0 Å². The fraction of sp³-hybridized carbons (Fsp3) is 0.600. The lowest BCUT2D eigenvalue weighted by Gasteiger charge is -2.39. The van der Waals surface area contributed by atoms with Gasteiger partial charge in [0.1, 0.15) is 5.75 Å². The van der Waals surface area contributed by atoms with Gasteiger partial charge in [0.25, 0.3) is 0 Å². The maximum Gasteiger partial charge on any atom is 0.142 e. The highest BCUT2D eigenvalue weighted by atomic mass is 16.5. The molecule has 0 aliphatic carbocycles. The predicted octanol–water partition coefficient (Wildman–Crippen LogP) is 1.59. The van der Waals surface area contributed by atoms with E-state index in [1.54, 1.807) is 7.11 Å². The molecule has 1 N–H and O–H groups in total. The number of hydrogen-bond acceptors (Lipinski definition) is 4. The van der Waals surface area contributed by atoms with Gasteiger partial charge in [-0.05, 0) is 32.0 Å². The molecule has 2 rings (SSSR count). The summed E-state index contributed by atoms with van der Waals surface area (Å²) in [7, 11) is 3.81. The number of aliphatic hydroxyl groups is 1. The zero-order valence-electron chi connectivity index (χ0n) is 11.9. The number of para-hydroxylation sites is 2. The van der Waals surface area contributed by atoms with Gasteiger partial charge in [0.15, 0.2) is 0 Å². The Bertz CT molecular complexity index is 397. The van der Waals surface area contributed by atoms with Gasteiger partial charge < -0.3 is 14.7 Å². The summed E-state index contributed by atoms with van der Waals surface area (Å²) in [5.41, 5.74) is 1.17. The highest BCUT2D eigenvalue weighted by molar-refractivity contribution is 5.58. The van der Waals surface area contributed by atoms with E-state index < -0.39 is 0 Å². The van der Waals surface area contributed by atoms with Crippen LogP contribution in [0.5, 0.6) is 5.75 Å². The number of nitrogens with zero attached hydrogens (tertiary/aromatic N) is 2. The average molecular weight is 264 g/mol. The summed E-state index contributed by atoms with van der Waals surface area (Å²) in [5, 5.41) is 9.06. The molecule has 0 bridgehead atoms. The van der Waals surface area contributed by atoms with Crippen LogP contribution in [0.4, 0.5) is 5.69 Å². The molecule has 1 atom stereocenters. The Labute approximate surface area is 115 Å². The number of rotatable bonds is 5. The molecule has 1 aromatic carbocycles. The number of anilines is 1. The van der Waals surface area contributed by atoms with Crippen LogP contribution in [0.25, 0.3) is 0 Å². The Kier molecular flexibility index (Phi) is 5.05. The number of aliphatic hydroxyl groups excluding tert-OH is 1. The van der Waals surface area contributed by atoms with E-state index in [0.717, 1.165) is 25.4 Å². The van der Waals surface area contributed by atoms with Gasteiger partial charge in [-0.3, -0.25) is 4.90 Å². The molecule has 19 heavy (non-hydrogen) atoms. The first-order valence-corrected chi connectivity index (χ1v) is 6.95. The molecule has 4 heteroatoms. The van der Waals surface area contributed by atoms with Gasteiger partial charge in [-0.1, -0.05) is 12.1 Å². The molecule has 0 amide bonds. The number of hydrogen-bond donors (Lipinski definition) is 1. The van der Waals surface area contributed by atoms with Crippen molar-refractivity contribution in [3.8, 4) is 5.75 Å². The van der Waals surface area contributed by atoms with Crippen LogP contribution in [0.15, 0.2) is 24.3 Å². The average Bonchev–Trinajstić information content (AvgIpc) is 2.47. The first-order valence-electron chi connectivity index (χ1n) is 6.95. The van der Waals surface area contributed by atoms with Crippen molar-refractivity contribution in [3.05, 3.63) is 24.3 Å². The van der Waals surface area contributed by atoms with E-state index in [0.29, 0.717) is 6.04 Å². The quantitative estimate of drug-likeness (QED) is 0.876. The van der Waals surface area contributed by atoms with Crippen LogP contribution in [-0.4, -0.2) is 56.4 Å². The maximum absolute atomic E-state index is 9.06. The van der Waals surface area contributed by atoms with Gasteiger partial charge in [-0.2, -0.15) is 0 Å². The minimum atomic E-state index is 0.224. The standard InChI is InChI=1S/C15H24N2O2/c1-16(10-11-18)13-6-5-9-17(12-13)14-7-3-4-8-15(14)19-2/h3-4,7-8,13,18H,5-6,9-12H2,1-2H3. The first-order chi connectivity index (χ1) is 9.26. The van der Waals surface area contributed by atoms with E-state index in [2.05, 4.69) is 29.0 Å². The topological polar surface area (TPSA) is 35.9 Å². The summed E-state index contributed by atoms with van der Waals surface area (Å²) >= 11 is 0. The first kappa shape index (κ1) is 14.2. The summed E-state index contributed by atoms with van der Waals surface area (Å²) in [6.45, 7) is 3.03. The van der Waals surface area contributed by atoms with Crippen LogP contribution in [-0.2, 0) is 0 Å². The molecule has 0 saturated carbocycles. The van der Waals surface area contributed by atoms with E-state index in [9.17, 15) is 0 Å². The van der Waals surface area contributed by atoms with Crippen molar-refractivity contribution >= 4 is 5.69 Å². The fourth-order valence-electron chi connectivity index (χ4n) is 2.76. The second-order valence-corrected chi connectivity index (χ2v) is 5.12. The highest BCUT2D eigenvalue weighted by Gasteiger charge is 2.24. The molecule has 0 spiro atoms. The van der Waals surface area contributed by atoms with Crippen molar-refractivity contribution in [2.75, 3.05) is 45.3 Å². The summed E-state index contributed by atoms with van der Waals surface area (Å²) < 4.78 is 5.45. The van der Waals surface area contributed by atoms with Crippen molar-refractivity contribution in [3.63, 3.8) is 0 Å². The van der Waals surface area contributed by atoms with Crippen molar-refractivity contribution in [1.29, 1.82) is 0 Å². The molecule has 1 unspecified atom stereocenters. The lowest BCUT2D eigenvalue weighted by Crippen LogP contribution is -2.47. The van der Waals surface area contributed by atoms with Gasteiger partial charge in [-0.25, -0.2) is 0 Å². The zero-order valence-corrected chi connectivity index (χ0v) is 11.9. The summed E-state index contributed by atoms with van der Waals surface area (Å²) in [6, 6.07) is 8.69. The normalized spacial score (nSPS) is 19.8. The van der Waals surface area contributed by atoms with Crippen LogP contribution in [0, 0.1) is 0 Å². The molecule has 1 aliphatic heterocycles. The van der Waals surface area contributed by atoms with Crippen LogP contribution < -0.4 is 9.64 Å². The monoisotopic (exact) mass is 264 g/mol. The molecule has 1 aromatic rings. The van der Waals surface area contributed by atoms with Gasteiger partial charge in [0, 0.05) is 25.7 Å². The minimum absolute atomic E-state index is 0.224. The molecule has 0 aromatic heterocycles. The van der Waals surface area contributed by atoms with E-state index >= 15 is 0 Å². The molecular weight excluding hydrogens is 240 g/mol. The Hall–Kier alpha value is -1.26. The van der Waals surface area contributed by atoms with Crippen LogP contribution in [0.2, 0.25) is 0 Å². The van der Waals surface area contributed by atoms with E-state index in [1.807, 2.05) is 12.1 Å². The second-order valence-electron chi connectivity index (χ2n) is 5.12. The van der Waals surface area contributed by atoms with Crippen LogP contribution in [0.3, 0.4) is 0 Å². The minimum Gasteiger partial charge on any atom is -0.495 e. The number of piperidine rings is 1. The van der Waals surface area contributed by atoms with E-state index in [1.165, 1.54) is 18.5 Å². The molecule has 1 fully saturated rings. The molecule has 1 aliphatic rings. The molecular formula is C15H24N2O2. The molecule has 4 nitrogen and oxygen atoms in total. The Morgan fingerprint density at radius 3 is 2.95 bits per heavy atom. The van der Waals surface area contributed by atoms with Gasteiger partial charge >= 0.3 is 0 Å². The fourth-order valence-corrected chi connectivity index (χ4v) is 2.76. The van der Waals surface area contributed by atoms with E-state index in [-0.39, 0.29) is 6.61 Å². The smallest absolute Gasteiger partial charge is 0.142 e. The van der Waals surface area contributed by atoms with Gasteiger partial charge in [0.2, 0.25) is 0 Å². The summed E-state index contributed by atoms with van der Waals surface area (Å²) in [4.78, 5) is 4.64. The lowest BCUT2D eigenvalue weighted by molar-refractivity contribution is 0.166. The van der Waals surface area contributed by atoms with Crippen molar-refractivity contribution in [2.24, 2.45) is 0 Å². The van der Waals surface area contributed by atoms with Crippen LogP contribution >= 0.6 is 0 Å². The number of ether oxygens (including phenoxy) is 1. The summed E-state index contributed by atoms with van der Waals surface area (Å²) in [5.74, 6) is 0.938. The Morgan fingerprint density at radius 2 is 2.21 bits per heavy atom. The van der Waals surface area contributed by atoms with Gasteiger partial charge in [0.05, 0.1) is 19.4 Å². The highest BCUT2D eigenvalue weighted by Crippen LogP contribution is 2.30. The third kappa shape index (κ3) is 3.39. The third-order valence-electron chi connectivity index (χ3n) is 3.90. The molecule has 106 valence electrons. The molecule has 1 heterocycles. The third-order valence-corrected chi connectivity index (χ3v) is 3.90. The van der Waals surface area contributed by atoms with Crippen molar-refractivity contribution in [1.82, 2.24) is 4.90 Å². The van der Waals surface area contributed by atoms with Crippen molar-refractivity contribution in [2.45, 2.75) is 18.9 Å². The lowest BCUT2D eigenvalue weighted by atomic mass is 10.0. The van der Waals surface area contributed by atoms with Crippen molar-refractivity contribution < 1.29 is 9.84 Å². The zero-order chi connectivity index (χ0) is 13.7. The number of benzene rings is 1. The largest absolute Gasteiger partial charge is 0.495 e.